The van der Waals surface area contributed by atoms with E-state index in [9.17, 15) is 18.0 Å². The van der Waals surface area contributed by atoms with E-state index in [0.717, 1.165) is 24.6 Å². The van der Waals surface area contributed by atoms with E-state index in [4.69, 9.17) is 4.42 Å². The summed E-state index contributed by atoms with van der Waals surface area (Å²) in [6.07, 6.45) is 2.36. The Labute approximate surface area is 179 Å². The van der Waals surface area contributed by atoms with Crippen molar-refractivity contribution in [3.05, 3.63) is 71.2 Å². The summed E-state index contributed by atoms with van der Waals surface area (Å²) in [4.78, 5) is 26.5. The lowest BCUT2D eigenvalue weighted by atomic mass is 9.99. The number of aromatic nitrogens is 5. The molecule has 164 valence electrons. The van der Waals surface area contributed by atoms with Crippen molar-refractivity contribution < 1.29 is 22.4 Å². The molecule has 1 N–H and O–H groups in total. The topological polar surface area (TPSA) is 92.3 Å². The van der Waals surface area contributed by atoms with Gasteiger partial charge in [0.25, 0.3) is 5.91 Å². The average molecular weight is 442 g/mol. The van der Waals surface area contributed by atoms with Gasteiger partial charge >= 0.3 is 6.18 Å². The van der Waals surface area contributed by atoms with Crippen LogP contribution in [-0.2, 0) is 12.6 Å². The van der Waals surface area contributed by atoms with Crippen molar-refractivity contribution >= 4 is 11.4 Å². The molecule has 1 fully saturated rings. The van der Waals surface area contributed by atoms with Crippen LogP contribution >= 0.6 is 0 Å². The molecule has 1 atom stereocenters. The Morgan fingerprint density at radius 2 is 2.09 bits per heavy atom. The first-order valence-electron chi connectivity index (χ1n) is 10.2. The zero-order valence-corrected chi connectivity index (χ0v) is 16.6. The highest BCUT2D eigenvalue weighted by molar-refractivity contribution is 5.92. The van der Waals surface area contributed by atoms with Crippen molar-refractivity contribution in [1.82, 2.24) is 29.5 Å². The van der Waals surface area contributed by atoms with Crippen molar-refractivity contribution in [3.63, 3.8) is 0 Å². The maximum absolute atomic E-state index is 13.5. The number of amides is 1. The Kier molecular flexibility index (Phi) is 3.99. The number of aromatic amines is 1. The molecule has 6 rings (SSSR count). The molecule has 0 radical (unpaired) electrons. The van der Waals surface area contributed by atoms with Crippen LogP contribution in [0.25, 0.3) is 5.52 Å². The lowest BCUT2D eigenvalue weighted by Crippen LogP contribution is -2.40. The first-order valence-corrected chi connectivity index (χ1v) is 10.2. The van der Waals surface area contributed by atoms with Crippen molar-refractivity contribution in [2.75, 3.05) is 6.54 Å². The molecule has 32 heavy (non-hydrogen) atoms. The molecule has 0 bridgehead atoms. The number of hydrogen-bond donors (Lipinski definition) is 1. The average Bonchev–Trinajstić information content (AvgIpc) is 3.18. The molecule has 8 nitrogen and oxygen atoms in total. The molecule has 4 aromatic rings. The summed E-state index contributed by atoms with van der Waals surface area (Å²) in [7, 11) is 0. The third-order valence-electron chi connectivity index (χ3n) is 5.95. The van der Waals surface area contributed by atoms with Crippen LogP contribution in [0.3, 0.4) is 0 Å². The number of imidazole rings is 1. The van der Waals surface area contributed by atoms with Crippen molar-refractivity contribution in [3.8, 4) is 0 Å². The van der Waals surface area contributed by atoms with Gasteiger partial charge in [0.1, 0.15) is 6.04 Å². The fourth-order valence-electron chi connectivity index (χ4n) is 4.25. The number of rotatable bonds is 3. The van der Waals surface area contributed by atoms with Crippen LogP contribution in [-0.4, -0.2) is 41.9 Å². The SMILES string of the molecule is O=C(c1cnc(C2CC2)o1)N1CCc2[nH]cnc2C1c1cc2c(C(F)(F)F)cccn2n1. The molecule has 0 spiro atoms. The highest BCUT2D eigenvalue weighted by atomic mass is 19.4. The number of carbonyl (C=O) groups is 1. The predicted molar refractivity (Wildman–Crippen MR) is 104 cm³/mol. The maximum Gasteiger partial charge on any atom is 0.418 e. The Morgan fingerprint density at radius 1 is 1.25 bits per heavy atom. The van der Waals surface area contributed by atoms with Gasteiger partial charge in [-0.3, -0.25) is 4.79 Å². The molecular formula is C21H17F3N6O2. The molecule has 4 aromatic heterocycles. The zero-order chi connectivity index (χ0) is 22.0. The molecule has 1 unspecified atom stereocenters. The maximum atomic E-state index is 13.5. The van der Waals surface area contributed by atoms with Crippen LogP contribution in [0, 0.1) is 0 Å². The summed E-state index contributed by atoms with van der Waals surface area (Å²) < 4.78 is 47.4. The minimum absolute atomic E-state index is 0.0826. The molecule has 2 aliphatic rings. The number of nitrogens with one attached hydrogen (secondary N) is 1. The van der Waals surface area contributed by atoms with Gasteiger partial charge in [-0.15, -0.1) is 0 Å². The quantitative estimate of drug-likeness (QED) is 0.522. The second kappa shape index (κ2) is 6.68. The second-order valence-electron chi connectivity index (χ2n) is 8.07. The van der Waals surface area contributed by atoms with Crippen LogP contribution in [0.5, 0.6) is 0 Å². The van der Waals surface area contributed by atoms with Gasteiger partial charge in [-0.25, -0.2) is 14.5 Å². The van der Waals surface area contributed by atoms with Gasteiger partial charge < -0.3 is 14.3 Å². The van der Waals surface area contributed by atoms with Crippen molar-refractivity contribution in [2.24, 2.45) is 0 Å². The Balaban J connectivity index is 1.45. The third-order valence-corrected chi connectivity index (χ3v) is 5.95. The Hall–Kier alpha value is -3.63. The van der Waals surface area contributed by atoms with E-state index >= 15 is 0 Å². The highest BCUT2D eigenvalue weighted by Crippen LogP contribution is 2.40. The summed E-state index contributed by atoms with van der Waals surface area (Å²) >= 11 is 0. The van der Waals surface area contributed by atoms with Gasteiger partial charge in [-0.1, -0.05) is 0 Å². The standard InChI is InChI=1S/C21H17F3N6O2/c22-21(23,24)12-2-1-6-30-15(12)8-14(28-30)18-17-13(26-10-27-17)5-7-29(18)20(31)16-9-25-19(32-16)11-3-4-11/h1-2,6,8-11,18H,3-5,7H2,(H,26,27). The molecule has 1 aliphatic heterocycles. The van der Waals surface area contributed by atoms with Crippen molar-refractivity contribution in [2.45, 2.75) is 37.4 Å². The lowest BCUT2D eigenvalue weighted by Gasteiger charge is -2.33. The highest BCUT2D eigenvalue weighted by Gasteiger charge is 2.39. The third kappa shape index (κ3) is 2.99. The summed E-state index contributed by atoms with van der Waals surface area (Å²) in [5.74, 6) is 0.516. The van der Waals surface area contributed by atoms with Crippen LogP contribution in [0.4, 0.5) is 13.2 Å². The Morgan fingerprint density at radius 3 is 2.88 bits per heavy atom. The lowest BCUT2D eigenvalue weighted by molar-refractivity contribution is -0.136. The van der Waals surface area contributed by atoms with Crippen LogP contribution in [0.2, 0.25) is 0 Å². The summed E-state index contributed by atoms with van der Waals surface area (Å²) in [5.41, 5.74) is 0.802. The first kappa shape index (κ1) is 19.1. The monoisotopic (exact) mass is 442 g/mol. The Bertz CT molecular complexity index is 1330. The zero-order valence-electron chi connectivity index (χ0n) is 16.6. The minimum atomic E-state index is -4.53. The number of alkyl halides is 3. The molecule has 1 aliphatic carbocycles. The van der Waals surface area contributed by atoms with E-state index in [0.29, 0.717) is 30.2 Å². The largest absolute Gasteiger partial charge is 0.435 e. The van der Waals surface area contributed by atoms with E-state index in [-0.39, 0.29) is 17.2 Å². The fraction of sp³-hybridized carbons (Fsp3) is 0.333. The first-order chi connectivity index (χ1) is 15.4. The molecule has 11 heteroatoms. The molecule has 5 heterocycles. The van der Waals surface area contributed by atoms with E-state index in [1.165, 1.54) is 40.3 Å². The number of hydrogen-bond acceptors (Lipinski definition) is 5. The van der Waals surface area contributed by atoms with Crippen LogP contribution < -0.4 is 0 Å². The normalized spacial score (nSPS) is 18.8. The number of carbonyl (C=O) groups excluding carboxylic acids is 1. The summed E-state index contributed by atoms with van der Waals surface area (Å²) in [6.45, 7) is 0.332. The van der Waals surface area contributed by atoms with Gasteiger partial charge in [0.15, 0.2) is 5.89 Å². The minimum Gasteiger partial charge on any atom is -0.435 e. The predicted octanol–water partition coefficient (Wildman–Crippen LogP) is 3.73. The van der Waals surface area contributed by atoms with Gasteiger partial charge in [0, 0.05) is 30.8 Å². The molecule has 1 amide bonds. The second-order valence-corrected chi connectivity index (χ2v) is 8.07. The molecule has 0 aromatic carbocycles. The number of fused-ring (bicyclic) bond motifs is 2. The van der Waals surface area contributed by atoms with Gasteiger partial charge in [-0.2, -0.15) is 18.3 Å². The van der Waals surface area contributed by atoms with Crippen LogP contribution in [0.15, 0.2) is 41.3 Å². The fourth-order valence-corrected chi connectivity index (χ4v) is 4.25. The van der Waals surface area contributed by atoms with Gasteiger partial charge in [0.05, 0.1) is 35.0 Å². The molecule has 1 saturated carbocycles. The van der Waals surface area contributed by atoms with Crippen LogP contribution in [0.1, 0.15) is 63.9 Å². The molecule has 0 saturated heterocycles. The van der Waals surface area contributed by atoms with E-state index in [1.54, 1.807) is 0 Å². The number of H-pyrrole nitrogens is 1. The summed E-state index contributed by atoms with van der Waals surface area (Å²) in [5, 5.41) is 4.38. The van der Waals surface area contributed by atoms with E-state index in [1.807, 2.05) is 0 Å². The van der Waals surface area contributed by atoms with E-state index in [2.05, 4.69) is 20.1 Å². The molecular weight excluding hydrogens is 425 g/mol. The number of pyridine rings is 1. The van der Waals surface area contributed by atoms with E-state index < -0.39 is 23.7 Å². The number of nitrogens with zero attached hydrogens (tertiary/aromatic N) is 5. The summed E-state index contributed by atoms with van der Waals surface area (Å²) in [6, 6.07) is 2.92. The van der Waals surface area contributed by atoms with Gasteiger partial charge in [0.2, 0.25) is 5.76 Å². The number of halogens is 3. The van der Waals surface area contributed by atoms with Gasteiger partial charge in [-0.05, 0) is 31.0 Å². The van der Waals surface area contributed by atoms with Crippen molar-refractivity contribution in [1.29, 1.82) is 0 Å². The number of oxazole rings is 1. The smallest absolute Gasteiger partial charge is 0.418 e.